The zero-order valence-corrected chi connectivity index (χ0v) is 29.3. The van der Waals surface area contributed by atoms with E-state index in [0.29, 0.717) is 23.0 Å². The monoisotopic (exact) mass is 729 g/mol. The highest BCUT2D eigenvalue weighted by molar-refractivity contribution is 8.00. The molecule has 1 atom stereocenters. The van der Waals surface area contributed by atoms with Crippen molar-refractivity contribution < 1.29 is 24.0 Å². The summed E-state index contributed by atoms with van der Waals surface area (Å²) in [6, 6.07) is 36.1. The van der Waals surface area contributed by atoms with Gasteiger partial charge in [0.25, 0.3) is 17.5 Å². The molecule has 3 N–H and O–H groups in total. The number of thioether (sulfide) groups is 1. The lowest BCUT2D eigenvalue weighted by molar-refractivity contribution is -0.385. The third kappa shape index (κ3) is 8.88. The molecule has 0 radical (unpaired) electrons. The van der Waals surface area contributed by atoms with Crippen molar-refractivity contribution in [3.8, 4) is 5.75 Å². The van der Waals surface area contributed by atoms with E-state index in [1.54, 1.807) is 60.7 Å². The highest BCUT2D eigenvalue weighted by atomic mass is 32.2. The molecule has 3 amide bonds. The number of amides is 3. The van der Waals surface area contributed by atoms with E-state index in [4.69, 9.17) is 4.74 Å². The van der Waals surface area contributed by atoms with Gasteiger partial charge >= 0.3 is 0 Å². The maximum absolute atomic E-state index is 13.7. The summed E-state index contributed by atoms with van der Waals surface area (Å²) in [6.07, 6.45) is 1.27. The van der Waals surface area contributed by atoms with E-state index in [1.807, 2.05) is 55.5 Å². The normalized spacial score (nSPS) is 11.8. The Hall–Kier alpha value is -6.31. The van der Waals surface area contributed by atoms with Crippen molar-refractivity contribution in [1.82, 2.24) is 10.3 Å². The lowest BCUT2D eigenvalue weighted by Gasteiger charge is -2.16. The number of aromatic nitrogens is 1. The summed E-state index contributed by atoms with van der Waals surface area (Å²) in [4.78, 5) is 56.8. The fraction of sp³-hybridized carbons (Fsp3) is 0.0769. The van der Waals surface area contributed by atoms with Gasteiger partial charge in [-0.3, -0.25) is 24.5 Å². The van der Waals surface area contributed by atoms with Crippen molar-refractivity contribution in [3.05, 3.63) is 160 Å². The Morgan fingerprint density at radius 1 is 0.885 bits per heavy atom. The summed E-state index contributed by atoms with van der Waals surface area (Å²) in [5, 5.41) is 19.8. The molecule has 11 nitrogen and oxygen atoms in total. The highest BCUT2D eigenvalue weighted by Crippen LogP contribution is 2.38. The van der Waals surface area contributed by atoms with E-state index in [2.05, 4.69) is 20.9 Å². The molecule has 52 heavy (non-hydrogen) atoms. The Morgan fingerprint density at radius 2 is 1.58 bits per heavy atom. The van der Waals surface area contributed by atoms with Crippen LogP contribution in [0.2, 0.25) is 0 Å². The summed E-state index contributed by atoms with van der Waals surface area (Å²) in [6.45, 7) is 2.46. The average Bonchev–Trinajstić information content (AvgIpc) is 3.56. The molecular weight excluding hydrogens is 699 g/mol. The number of hydrogen-bond acceptors (Lipinski definition) is 9. The number of nitrogens with one attached hydrogen (secondary N) is 3. The van der Waals surface area contributed by atoms with Crippen molar-refractivity contribution in [2.24, 2.45) is 0 Å². The van der Waals surface area contributed by atoms with Crippen LogP contribution in [-0.4, -0.2) is 34.2 Å². The molecule has 0 spiro atoms. The van der Waals surface area contributed by atoms with E-state index in [-0.39, 0.29) is 22.9 Å². The first kappa shape index (κ1) is 35.5. The number of carbonyl (C=O) groups excluding carboxylic acids is 3. The second-order valence-corrected chi connectivity index (χ2v) is 13.4. The number of thiazole rings is 1. The molecule has 5 aromatic carbocycles. The first-order valence-corrected chi connectivity index (χ1v) is 17.8. The number of carbonyl (C=O) groups is 3. The lowest BCUT2D eigenvalue weighted by atomic mass is 10.1. The average molecular weight is 730 g/mol. The van der Waals surface area contributed by atoms with Crippen LogP contribution in [0, 0.1) is 10.1 Å². The molecule has 0 saturated heterocycles. The third-order valence-electron chi connectivity index (χ3n) is 7.57. The van der Waals surface area contributed by atoms with Gasteiger partial charge in [-0.15, -0.1) is 11.8 Å². The number of para-hydroxylation sites is 1. The van der Waals surface area contributed by atoms with Gasteiger partial charge in [0.1, 0.15) is 16.7 Å². The van der Waals surface area contributed by atoms with Crippen LogP contribution in [-0.2, 0) is 9.59 Å². The molecule has 1 aromatic heterocycles. The van der Waals surface area contributed by atoms with E-state index in [1.165, 1.54) is 47.4 Å². The maximum atomic E-state index is 13.7. The Kier molecular flexibility index (Phi) is 11.3. The first-order chi connectivity index (χ1) is 25.3. The van der Waals surface area contributed by atoms with Gasteiger partial charge in [0, 0.05) is 22.2 Å². The molecule has 13 heteroatoms. The predicted octanol–water partition coefficient (Wildman–Crippen LogP) is 8.48. The van der Waals surface area contributed by atoms with Crippen LogP contribution < -0.4 is 20.7 Å². The fourth-order valence-corrected chi connectivity index (χ4v) is 7.03. The quantitative estimate of drug-likeness (QED) is 0.0463. The highest BCUT2D eigenvalue weighted by Gasteiger charge is 2.24. The number of rotatable bonds is 13. The number of anilines is 2. The smallest absolute Gasteiger partial charge is 0.276 e. The summed E-state index contributed by atoms with van der Waals surface area (Å²) in [5.74, 6) is -0.762. The second-order valence-electron chi connectivity index (χ2n) is 11.2. The Morgan fingerprint density at radius 3 is 2.29 bits per heavy atom. The molecule has 0 fully saturated rings. The van der Waals surface area contributed by atoms with E-state index < -0.39 is 22.0 Å². The minimum atomic E-state index is -0.686. The molecule has 0 aliphatic rings. The summed E-state index contributed by atoms with van der Waals surface area (Å²) >= 11 is 2.69. The van der Waals surface area contributed by atoms with Crippen molar-refractivity contribution in [3.63, 3.8) is 0 Å². The van der Waals surface area contributed by atoms with Crippen molar-refractivity contribution in [2.45, 2.75) is 17.1 Å². The van der Waals surface area contributed by atoms with Gasteiger partial charge in [0.05, 0.1) is 27.3 Å². The lowest BCUT2D eigenvalue weighted by Crippen LogP contribution is -2.30. The molecule has 6 rings (SSSR count). The number of hydrogen-bond donors (Lipinski definition) is 3. The number of nitrogens with zero attached hydrogens (tertiary/aromatic N) is 2. The van der Waals surface area contributed by atoms with E-state index >= 15 is 0 Å². The Balaban J connectivity index is 1.20. The van der Waals surface area contributed by atoms with Gasteiger partial charge in [0.15, 0.2) is 5.13 Å². The minimum Gasteiger partial charge on any atom is -0.494 e. The SMILES string of the molecule is CCOc1ccc2nc(NC(=O)C(Sc3ccc(NC(=O)/C(=C/c4ccccc4[N+](=O)[O-])NC(=O)c4ccccc4)cc3)c3ccccc3)sc2c1. The first-order valence-electron chi connectivity index (χ1n) is 16.1. The molecule has 0 bridgehead atoms. The standard InChI is InChI=1S/C39H31N5O6S2/c1-2-50-29-19-22-31-34(24-29)52-39(42-31)43-38(47)35(25-11-5-3-6-12-25)51-30-20-17-28(18-21-30)40-37(46)32(41-36(45)26-13-7-4-8-14-26)23-27-15-9-10-16-33(27)44(48)49/h3-24,35H,2H2,1H3,(H,40,46)(H,41,45)(H,42,43,47)/b32-23-. The van der Waals surface area contributed by atoms with Crippen molar-refractivity contribution >= 4 is 73.6 Å². The van der Waals surface area contributed by atoms with E-state index in [0.717, 1.165) is 26.4 Å². The number of nitro benzene ring substituents is 1. The zero-order chi connectivity index (χ0) is 36.5. The molecule has 1 unspecified atom stereocenters. The molecule has 0 saturated carbocycles. The van der Waals surface area contributed by atoms with Gasteiger partial charge in [-0.2, -0.15) is 0 Å². The summed E-state index contributed by atoms with van der Waals surface area (Å²) in [7, 11) is 0. The summed E-state index contributed by atoms with van der Waals surface area (Å²) in [5.41, 5.74) is 1.99. The minimum absolute atomic E-state index is 0.143. The topological polar surface area (TPSA) is 153 Å². The molecule has 6 aromatic rings. The van der Waals surface area contributed by atoms with Crippen LogP contribution in [0.25, 0.3) is 16.3 Å². The second kappa shape index (κ2) is 16.6. The Labute approximate surface area is 306 Å². The van der Waals surface area contributed by atoms with Crippen LogP contribution in [0.3, 0.4) is 0 Å². The van der Waals surface area contributed by atoms with Gasteiger partial charge in [0.2, 0.25) is 5.91 Å². The zero-order valence-electron chi connectivity index (χ0n) is 27.6. The van der Waals surface area contributed by atoms with Crippen LogP contribution in [0.5, 0.6) is 5.75 Å². The van der Waals surface area contributed by atoms with Crippen molar-refractivity contribution in [1.29, 1.82) is 0 Å². The van der Waals surface area contributed by atoms with Gasteiger partial charge < -0.3 is 20.7 Å². The van der Waals surface area contributed by atoms with Crippen molar-refractivity contribution in [2.75, 3.05) is 17.2 Å². The van der Waals surface area contributed by atoms with Crippen LogP contribution in [0.15, 0.2) is 138 Å². The third-order valence-corrected chi connectivity index (χ3v) is 9.77. The fourth-order valence-electron chi connectivity index (χ4n) is 5.11. The van der Waals surface area contributed by atoms with Crippen LogP contribution in [0.4, 0.5) is 16.5 Å². The molecule has 0 aliphatic carbocycles. The maximum Gasteiger partial charge on any atom is 0.276 e. The number of fused-ring (bicyclic) bond motifs is 1. The molecule has 260 valence electrons. The molecular formula is C39H31N5O6S2. The van der Waals surface area contributed by atoms with Crippen LogP contribution in [0.1, 0.15) is 33.7 Å². The molecule has 1 heterocycles. The largest absolute Gasteiger partial charge is 0.494 e. The molecule has 0 aliphatic heterocycles. The predicted molar refractivity (Wildman–Crippen MR) is 205 cm³/mol. The van der Waals surface area contributed by atoms with E-state index in [9.17, 15) is 24.5 Å². The number of benzene rings is 5. The number of ether oxygens (including phenoxy) is 1. The van der Waals surface area contributed by atoms with Gasteiger partial charge in [-0.1, -0.05) is 72.0 Å². The number of nitro groups is 1. The van der Waals surface area contributed by atoms with Gasteiger partial charge in [-0.05, 0) is 79.2 Å². The summed E-state index contributed by atoms with van der Waals surface area (Å²) < 4.78 is 6.49. The van der Waals surface area contributed by atoms with Crippen LogP contribution >= 0.6 is 23.1 Å². The Bertz CT molecular complexity index is 2260. The van der Waals surface area contributed by atoms with Gasteiger partial charge in [-0.25, -0.2) is 4.98 Å².